The van der Waals surface area contributed by atoms with E-state index in [1.807, 2.05) is 19.3 Å². The summed E-state index contributed by atoms with van der Waals surface area (Å²) in [4.78, 5) is 5.30. The molecule has 0 amide bonds. The van der Waals surface area contributed by atoms with Gasteiger partial charge in [0, 0.05) is 36.2 Å². The number of pyridine rings is 1. The minimum absolute atomic E-state index is 0.486. The van der Waals surface area contributed by atoms with Gasteiger partial charge in [-0.2, -0.15) is 0 Å². The molecule has 3 aromatic heterocycles. The van der Waals surface area contributed by atoms with Crippen molar-refractivity contribution in [1.29, 1.82) is 0 Å². The predicted octanol–water partition coefficient (Wildman–Crippen LogP) is -0.305. The Hall–Kier alpha value is -1.77. The normalized spacial score (nSPS) is 11.1. The number of aryl methyl sites for hydroxylation is 1. The van der Waals surface area contributed by atoms with Gasteiger partial charge < -0.3 is 10.0 Å². The van der Waals surface area contributed by atoms with Crippen molar-refractivity contribution in [3.8, 4) is 0 Å². The van der Waals surface area contributed by atoms with Crippen LogP contribution in [0.2, 0.25) is 0 Å². The zero-order chi connectivity index (χ0) is 13.4. The van der Waals surface area contributed by atoms with Gasteiger partial charge in [0.2, 0.25) is 0 Å². The monoisotopic (exact) mass is 274 g/mol. The van der Waals surface area contributed by atoms with Crippen molar-refractivity contribution in [3.05, 3.63) is 35.1 Å². The molecule has 0 saturated carbocycles. The molecule has 0 aliphatic heterocycles. The van der Waals surface area contributed by atoms with Crippen molar-refractivity contribution in [2.75, 3.05) is 0 Å². The Morgan fingerprint density at radius 1 is 1.42 bits per heavy atom. The van der Waals surface area contributed by atoms with E-state index in [9.17, 15) is 10.0 Å². The molecule has 0 aliphatic rings. The summed E-state index contributed by atoms with van der Waals surface area (Å²) in [6.07, 6.45) is 4.10. The molecule has 0 fully saturated rings. The van der Waals surface area contributed by atoms with Gasteiger partial charge in [-0.1, -0.05) is 5.21 Å². The second-order valence-corrected chi connectivity index (χ2v) is 5.40. The van der Waals surface area contributed by atoms with Crippen LogP contribution in [-0.4, -0.2) is 37.1 Å². The summed E-state index contributed by atoms with van der Waals surface area (Å²) >= 11 is 1.50. The second-order valence-electron chi connectivity index (χ2n) is 4.26. The summed E-state index contributed by atoms with van der Waals surface area (Å²) in [5, 5.41) is 26.6. The fourth-order valence-electron chi connectivity index (χ4n) is 1.95. The minimum atomic E-state index is -1.48. The largest absolute Gasteiger partial charge is 0.490 e. The fourth-order valence-corrected chi connectivity index (χ4v) is 3.11. The van der Waals surface area contributed by atoms with Crippen LogP contribution >= 0.6 is 11.3 Å². The van der Waals surface area contributed by atoms with E-state index in [2.05, 4.69) is 15.3 Å². The maximum atomic E-state index is 9.33. The van der Waals surface area contributed by atoms with E-state index in [1.165, 1.54) is 11.3 Å². The molecule has 0 aromatic carbocycles. The van der Waals surface area contributed by atoms with Crippen molar-refractivity contribution in [3.63, 3.8) is 0 Å². The quantitative estimate of drug-likeness (QED) is 0.640. The molecule has 0 unspecified atom stereocenters. The number of nitrogens with zero attached hydrogens (tertiary/aromatic N) is 4. The molecule has 8 heteroatoms. The van der Waals surface area contributed by atoms with E-state index in [0.29, 0.717) is 11.9 Å². The Kier molecular flexibility index (Phi) is 3.05. The number of rotatable bonds is 3. The van der Waals surface area contributed by atoms with E-state index >= 15 is 0 Å². The average Bonchev–Trinajstić information content (AvgIpc) is 2.94. The molecule has 0 bridgehead atoms. The van der Waals surface area contributed by atoms with Gasteiger partial charge in [0.25, 0.3) is 0 Å². The lowest BCUT2D eigenvalue weighted by molar-refractivity contribution is 0.426. The Morgan fingerprint density at radius 3 is 2.95 bits per heavy atom. The summed E-state index contributed by atoms with van der Waals surface area (Å²) in [5.41, 5.74) is 2.13. The van der Waals surface area contributed by atoms with E-state index in [-0.39, 0.29) is 0 Å². The van der Waals surface area contributed by atoms with Gasteiger partial charge in [-0.25, -0.2) is 0 Å². The summed E-state index contributed by atoms with van der Waals surface area (Å²) < 4.78 is 2.46. The molecule has 96 valence electrons. The summed E-state index contributed by atoms with van der Waals surface area (Å²) in [6, 6.07) is 3.57. The number of thiophene rings is 1. The van der Waals surface area contributed by atoms with Gasteiger partial charge in [-0.3, -0.25) is 9.67 Å². The number of fused-ring (bicyclic) bond motifs is 1. The molecule has 3 aromatic rings. The van der Waals surface area contributed by atoms with E-state index < -0.39 is 7.12 Å². The first-order chi connectivity index (χ1) is 9.13. The third-order valence-corrected chi connectivity index (χ3v) is 3.95. The van der Waals surface area contributed by atoms with Gasteiger partial charge in [-0.05, 0) is 12.1 Å². The highest BCUT2D eigenvalue weighted by molar-refractivity contribution is 7.20. The molecule has 6 nitrogen and oxygen atoms in total. The topological polar surface area (TPSA) is 84.1 Å². The zero-order valence-electron chi connectivity index (χ0n) is 10.2. The standard InChI is InChI=1S/C11H11BN4O2S/c1-16-6-7(14-15-16)4-8-5-10-11(19-8)9(12(17)18)2-3-13-10/h2-3,5-6,17-18H,4H2,1H3. The van der Waals surface area contributed by atoms with Crippen LogP contribution in [-0.2, 0) is 13.5 Å². The van der Waals surface area contributed by atoms with Crippen LogP contribution < -0.4 is 5.46 Å². The Morgan fingerprint density at radius 2 is 2.26 bits per heavy atom. The first kappa shape index (κ1) is 12.3. The highest BCUT2D eigenvalue weighted by atomic mass is 32.1. The SMILES string of the molecule is Cn1cc(Cc2cc3nccc(B(O)O)c3s2)nn1. The molecular weight excluding hydrogens is 263 g/mol. The van der Waals surface area contributed by atoms with Crippen LogP contribution in [0.4, 0.5) is 0 Å². The van der Waals surface area contributed by atoms with Crippen molar-refractivity contribution in [1.82, 2.24) is 20.0 Å². The Bertz CT molecular complexity index is 724. The van der Waals surface area contributed by atoms with Crippen molar-refractivity contribution in [2.45, 2.75) is 6.42 Å². The van der Waals surface area contributed by atoms with Crippen molar-refractivity contribution >= 4 is 34.1 Å². The van der Waals surface area contributed by atoms with Gasteiger partial charge >= 0.3 is 7.12 Å². The Balaban J connectivity index is 1.99. The molecule has 2 N–H and O–H groups in total. The number of hydrogen-bond donors (Lipinski definition) is 2. The molecule has 0 saturated heterocycles. The summed E-state index contributed by atoms with van der Waals surface area (Å²) in [5.74, 6) is 0. The molecule has 3 heterocycles. The van der Waals surface area contributed by atoms with Gasteiger partial charge in [-0.15, -0.1) is 16.4 Å². The lowest BCUT2D eigenvalue weighted by Crippen LogP contribution is -2.29. The van der Waals surface area contributed by atoms with Crippen LogP contribution in [0.15, 0.2) is 24.5 Å². The maximum absolute atomic E-state index is 9.33. The molecule has 0 spiro atoms. The zero-order valence-corrected chi connectivity index (χ0v) is 11.0. The highest BCUT2D eigenvalue weighted by Gasteiger charge is 2.17. The molecule has 0 aliphatic carbocycles. The van der Waals surface area contributed by atoms with Crippen molar-refractivity contribution < 1.29 is 10.0 Å². The van der Waals surface area contributed by atoms with Gasteiger partial charge in [0.05, 0.1) is 15.9 Å². The fraction of sp³-hybridized carbons (Fsp3) is 0.182. The van der Waals surface area contributed by atoms with Crippen molar-refractivity contribution in [2.24, 2.45) is 7.05 Å². The van der Waals surface area contributed by atoms with E-state index in [1.54, 1.807) is 16.9 Å². The number of hydrogen-bond acceptors (Lipinski definition) is 6. The lowest BCUT2D eigenvalue weighted by Gasteiger charge is -1.98. The summed E-state index contributed by atoms with van der Waals surface area (Å²) in [6.45, 7) is 0. The minimum Gasteiger partial charge on any atom is -0.423 e. The second kappa shape index (κ2) is 4.73. The van der Waals surface area contributed by atoms with E-state index in [4.69, 9.17) is 0 Å². The lowest BCUT2D eigenvalue weighted by atomic mass is 9.81. The van der Waals surface area contributed by atoms with Gasteiger partial charge in [0.15, 0.2) is 0 Å². The molecule has 19 heavy (non-hydrogen) atoms. The van der Waals surface area contributed by atoms with Crippen LogP contribution in [0.1, 0.15) is 10.6 Å². The Labute approximate surface area is 113 Å². The van der Waals surface area contributed by atoms with Gasteiger partial charge in [0.1, 0.15) is 0 Å². The molecular formula is C11H11BN4O2S. The first-order valence-corrected chi connectivity index (χ1v) is 6.54. The number of aromatic nitrogens is 4. The van der Waals surface area contributed by atoms with Crippen LogP contribution in [0.25, 0.3) is 10.2 Å². The van der Waals surface area contributed by atoms with Crippen LogP contribution in [0, 0.1) is 0 Å². The molecule has 0 atom stereocenters. The molecule has 3 rings (SSSR count). The smallest absolute Gasteiger partial charge is 0.423 e. The van der Waals surface area contributed by atoms with Crippen LogP contribution in [0.5, 0.6) is 0 Å². The van der Waals surface area contributed by atoms with E-state index in [0.717, 1.165) is 20.8 Å². The highest BCUT2D eigenvalue weighted by Crippen LogP contribution is 2.24. The first-order valence-electron chi connectivity index (χ1n) is 5.72. The summed E-state index contributed by atoms with van der Waals surface area (Å²) in [7, 11) is 0.344. The average molecular weight is 274 g/mol. The maximum Gasteiger partial charge on any atom is 0.490 e. The third-order valence-electron chi connectivity index (χ3n) is 2.78. The van der Waals surface area contributed by atoms with Crippen LogP contribution in [0.3, 0.4) is 0 Å². The third kappa shape index (κ3) is 2.37. The predicted molar refractivity (Wildman–Crippen MR) is 73.3 cm³/mol. The molecule has 0 radical (unpaired) electrons.